The number of fused-ring (bicyclic) bond motifs is 3. The summed E-state index contributed by atoms with van der Waals surface area (Å²) >= 11 is 11.0. The maximum atomic E-state index is 14.2. The van der Waals surface area contributed by atoms with E-state index < -0.39 is 46.8 Å². The van der Waals surface area contributed by atoms with Crippen LogP contribution < -0.4 is 5.32 Å². The van der Waals surface area contributed by atoms with E-state index in [0.29, 0.717) is 17.8 Å². The van der Waals surface area contributed by atoms with Gasteiger partial charge in [0, 0.05) is 18.7 Å². The van der Waals surface area contributed by atoms with Gasteiger partial charge in [0.2, 0.25) is 5.91 Å². The van der Waals surface area contributed by atoms with E-state index in [-0.39, 0.29) is 22.8 Å². The van der Waals surface area contributed by atoms with Crippen molar-refractivity contribution in [2.24, 2.45) is 10.4 Å². The maximum Gasteiger partial charge on any atom is 0.405 e. The van der Waals surface area contributed by atoms with Crippen LogP contribution in [0.1, 0.15) is 23.4 Å². The fraction of sp³-hybridized carbons (Fsp3) is 0.350. The number of amides is 1. The quantitative estimate of drug-likeness (QED) is 0.224. The molecular formula is C20H14ClF5N4OS. The Morgan fingerprint density at radius 2 is 2.12 bits per heavy atom. The average Bonchev–Trinajstić information content (AvgIpc) is 3.11. The van der Waals surface area contributed by atoms with Crippen molar-refractivity contribution in [1.82, 2.24) is 14.9 Å². The fourth-order valence-corrected chi connectivity index (χ4v) is 4.58. The topological polar surface area (TPSA) is 62.2 Å². The van der Waals surface area contributed by atoms with E-state index >= 15 is 0 Å². The van der Waals surface area contributed by atoms with Crippen molar-refractivity contribution in [1.29, 1.82) is 0 Å². The third-order valence-corrected chi connectivity index (χ3v) is 6.28. The number of H-pyrrole nitrogens is 1. The standard InChI is InChI=1S/C20H14ClF5N4OS/c1-27-19-7-18(19,5-4-10-12(22)3-2-11(21)15(10)23)9-30-16(19)13(29-17(30)32)6-14(31)28-8-20(24,25)26/h2-3H,1,6-9H2,(H,28,31)(H,29,32)/t18-,19-/m1/s1. The number of nitrogens with one attached hydrogen (secondary N) is 2. The molecule has 0 bridgehead atoms. The molecule has 1 fully saturated rings. The molecule has 168 valence electrons. The summed E-state index contributed by atoms with van der Waals surface area (Å²) in [5.74, 6) is 2.69. The third kappa shape index (κ3) is 3.51. The van der Waals surface area contributed by atoms with Crippen molar-refractivity contribution in [2.75, 3.05) is 6.54 Å². The average molecular weight is 489 g/mol. The Labute approximate surface area is 188 Å². The highest BCUT2D eigenvalue weighted by Crippen LogP contribution is 2.70. The molecule has 12 heteroatoms. The van der Waals surface area contributed by atoms with Gasteiger partial charge in [-0.25, -0.2) is 8.78 Å². The molecule has 2 aromatic rings. The number of nitrogens with zero attached hydrogens (tertiary/aromatic N) is 2. The van der Waals surface area contributed by atoms with Crippen LogP contribution in [0.5, 0.6) is 0 Å². The van der Waals surface area contributed by atoms with Crippen molar-refractivity contribution >= 4 is 36.4 Å². The predicted octanol–water partition coefficient (Wildman–Crippen LogP) is 4.05. The van der Waals surface area contributed by atoms with E-state index in [1.54, 1.807) is 4.57 Å². The summed E-state index contributed by atoms with van der Waals surface area (Å²) in [6.07, 6.45) is -4.58. The minimum atomic E-state index is -4.54. The second-order valence-electron chi connectivity index (χ2n) is 7.66. The Bertz CT molecular complexity index is 1270. The Morgan fingerprint density at radius 3 is 2.78 bits per heavy atom. The van der Waals surface area contributed by atoms with Gasteiger partial charge in [0.1, 0.15) is 17.9 Å². The number of carbonyl (C=O) groups excluding carboxylic acids is 1. The van der Waals surface area contributed by atoms with Crippen molar-refractivity contribution in [3.05, 3.63) is 50.5 Å². The summed E-state index contributed by atoms with van der Waals surface area (Å²) in [6, 6.07) is 2.09. The number of aromatic nitrogens is 2. The highest BCUT2D eigenvalue weighted by molar-refractivity contribution is 7.71. The first-order chi connectivity index (χ1) is 14.9. The highest BCUT2D eigenvalue weighted by Gasteiger charge is 2.74. The summed E-state index contributed by atoms with van der Waals surface area (Å²) in [7, 11) is 0. The predicted molar refractivity (Wildman–Crippen MR) is 109 cm³/mol. The minimum Gasteiger partial charge on any atom is -0.347 e. The molecule has 1 aliphatic heterocycles. The Balaban J connectivity index is 1.66. The molecule has 1 amide bonds. The van der Waals surface area contributed by atoms with Gasteiger partial charge in [-0.3, -0.25) is 9.79 Å². The van der Waals surface area contributed by atoms with Crippen LogP contribution in [0.25, 0.3) is 0 Å². The van der Waals surface area contributed by atoms with Crippen LogP contribution in [0.4, 0.5) is 22.0 Å². The van der Waals surface area contributed by atoms with Gasteiger partial charge in [-0.2, -0.15) is 13.2 Å². The molecule has 5 nitrogen and oxygen atoms in total. The minimum absolute atomic E-state index is 0.220. The molecule has 32 heavy (non-hydrogen) atoms. The van der Waals surface area contributed by atoms with Crippen molar-refractivity contribution in [2.45, 2.75) is 31.1 Å². The number of rotatable bonds is 4. The molecule has 2 heterocycles. The van der Waals surface area contributed by atoms with Gasteiger partial charge in [-0.15, -0.1) is 0 Å². The van der Waals surface area contributed by atoms with Crippen molar-refractivity contribution in [3.8, 4) is 11.8 Å². The lowest BCUT2D eigenvalue weighted by Crippen LogP contribution is -2.35. The Morgan fingerprint density at radius 1 is 1.41 bits per heavy atom. The van der Waals surface area contributed by atoms with Crippen LogP contribution in [-0.2, 0) is 23.3 Å². The number of imidazole rings is 1. The molecule has 2 N–H and O–H groups in total. The first kappa shape index (κ1) is 22.5. The zero-order valence-electron chi connectivity index (χ0n) is 16.2. The first-order valence-electron chi connectivity index (χ1n) is 9.23. The number of hydrogen-bond donors (Lipinski definition) is 2. The summed E-state index contributed by atoms with van der Waals surface area (Å²) in [5.41, 5.74) is -1.57. The number of alkyl halides is 3. The van der Waals surface area contributed by atoms with Gasteiger partial charge in [-0.1, -0.05) is 23.4 Å². The van der Waals surface area contributed by atoms with Crippen LogP contribution in [0.15, 0.2) is 17.1 Å². The van der Waals surface area contributed by atoms with E-state index in [0.717, 1.165) is 12.1 Å². The fourth-order valence-electron chi connectivity index (χ4n) is 4.15. The van der Waals surface area contributed by atoms with Crippen LogP contribution in [0, 0.1) is 33.7 Å². The van der Waals surface area contributed by atoms with E-state index in [1.807, 2.05) is 5.32 Å². The van der Waals surface area contributed by atoms with Crippen LogP contribution in [0.2, 0.25) is 5.02 Å². The normalized spacial score (nSPS) is 23.1. The second kappa shape index (κ2) is 7.42. The summed E-state index contributed by atoms with van der Waals surface area (Å²) < 4.78 is 67.3. The summed E-state index contributed by atoms with van der Waals surface area (Å²) in [6.45, 7) is 2.37. The zero-order chi connectivity index (χ0) is 23.5. The molecule has 4 rings (SSSR count). The largest absolute Gasteiger partial charge is 0.405 e. The van der Waals surface area contributed by atoms with Gasteiger partial charge in [0.05, 0.1) is 28.1 Å². The van der Waals surface area contributed by atoms with Gasteiger partial charge in [0.25, 0.3) is 0 Å². The monoisotopic (exact) mass is 488 g/mol. The van der Waals surface area contributed by atoms with E-state index in [1.165, 1.54) is 0 Å². The van der Waals surface area contributed by atoms with Crippen LogP contribution in [-0.4, -0.2) is 34.9 Å². The Kier molecular flexibility index (Phi) is 5.21. The first-order valence-corrected chi connectivity index (χ1v) is 10.0. The lowest BCUT2D eigenvalue weighted by molar-refractivity contribution is -0.138. The number of benzene rings is 1. The second-order valence-corrected chi connectivity index (χ2v) is 8.45. The number of aromatic amines is 1. The van der Waals surface area contributed by atoms with E-state index in [2.05, 4.69) is 28.5 Å². The lowest BCUT2D eigenvalue weighted by atomic mass is 9.99. The zero-order valence-corrected chi connectivity index (χ0v) is 17.7. The van der Waals surface area contributed by atoms with Crippen LogP contribution >= 0.6 is 23.8 Å². The highest BCUT2D eigenvalue weighted by atomic mass is 35.5. The van der Waals surface area contributed by atoms with Gasteiger partial charge in [0.15, 0.2) is 10.6 Å². The molecular weight excluding hydrogens is 475 g/mol. The summed E-state index contributed by atoms with van der Waals surface area (Å²) in [5, 5.41) is 1.53. The van der Waals surface area contributed by atoms with Gasteiger partial charge < -0.3 is 14.9 Å². The molecule has 1 aliphatic carbocycles. The number of carbonyl (C=O) groups is 1. The third-order valence-electron chi connectivity index (χ3n) is 5.67. The lowest BCUT2D eigenvalue weighted by Gasteiger charge is -2.12. The molecule has 1 saturated carbocycles. The van der Waals surface area contributed by atoms with Crippen LogP contribution in [0.3, 0.4) is 0 Å². The molecule has 2 aliphatic rings. The van der Waals surface area contributed by atoms with Crippen molar-refractivity contribution in [3.63, 3.8) is 0 Å². The number of halogens is 6. The molecule has 0 spiro atoms. The van der Waals surface area contributed by atoms with Gasteiger partial charge in [-0.05, 0) is 31.1 Å². The number of hydrogen-bond acceptors (Lipinski definition) is 3. The van der Waals surface area contributed by atoms with E-state index in [4.69, 9.17) is 23.8 Å². The SMILES string of the molecule is C=N[C@@]12C[C@]1(C#Cc1c(F)ccc(Cl)c1F)Cn1c2c(CC(=O)NCC(F)(F)F)[nH]c1=S. The molecule has 1 aromatic carbocycles. The Hall–Kier alpha value is -2.71. The summed E-state index contributed by atoms with van der Waals surface area (Å²) in [4.78, 5) is 19.1. The molecule has 0 saturated heterocycles. The smallest absolute Gasteiger partial charge is 0.347 e. The maximum absolute atomic E-state index is 14.2. The molecule has 0 unspecified atom stereocenters. The van der Waals surface area contributed by atoms with E-state index in [9.17, 15) is 26.7 Å². The number of aliphatic imine (C=N–C) groups is 1. The molecule has 1 aromatic heterocycles. The molecule has 0 radical (unpaired) electrons. The van der Waals surface area contributed by atoms with Crippen molar-refractivity contribution < 1.29 is 26.7 Å². The van der Waals surface area contributed by atoms with Gasteiger partial charge >= 0.3 is 6.18 Å². The molecule has 2 atom stereocenters.